The smallest absolute Gasteiger partial charge is 0.321 e. The summed E-state index contributed by atoms with van der Waals surface area (Å²) in [6.07, 6.45) is 6.70. The number of hydrogen-bond donors (Lipinski definition) is 1. The molecule has 2 aliphatic rings. The van der Waals surface area contributed by atoms with Crippen LogP contribution in [0.5, 0.6) is 0 Å². The monoisotopic (exact) mass is 287 g/mol. The lowest BCUT2D eigenvalue weighted by Gasteiger charge is -2.40. The first-order chi connectivity index (χ1) is 10.1. The lowest BCUT2D eigenvalue weighted by molar-refractivity contribution is -0.145. The summed E-state index contributed by atoms with van der Waals surface area (Å²) in [6.45, 7) is 3.12. The lowest BCUT2D eigenvalue weighted by atomic mass is 9.91. The van der Waals surface area contributed by atoms with Crippen molar-refractivity contribution in [3.63, 3.8) is 0 Å². The normalized spacial score (nSPS) is 30.4. The molecule has 21 heavy (non-hydrogen) atoms. The Hall–Kier alpha value is -1.35. The van der Waals surface area contributed by atoms with Crippen LogP contribution in [0.3, 0.4) is 0 Å². The number of fused-ring (bicyclic) bond motifs is 1. The van der Waals surface area contributed by atoms with Crippen LogP contribution in [0, 0.1) is 5.92 Å². The first kappa shape index (κ1) is 14.6. The van der Waals surface area contributed by atoms with E-state index in [1.165, 1.54) is 30.4 Å². The summed E-state index contributed by atoms with van der Waals surface area (Å²) < 4.78 is 0. The summed E-state index contributed by atoms with van der Waals surface area (Å²) in [5.41, 5.74) is 2.52. The molecule has 0 saturated heterocycles. The number of carbonyl (C=O) groups is 1. The van der Waals surface area contributed by atoms with Gasteiger partial charge in [-0.05, 0) is 42.7 Å². The maximum absolute atomic E-state index is 11.7. The molecule has 1 aliphatic heterocycles. The lowest BCUT2D eigenvalue weighted by Crippen LogP contribution is -2.50. The van der Waals surface area contributed by atoms with Crippen LogP contribution in [-0.2, 0) is 17.8 Å². The van der Waals surface area contributed by atoms with Crippen LogP contribution in [0.25, 0.3) is 0 Å². The zero-order valence-electron chi connectivity index (χ0n) is 12.8. The van der Waals surface area contributed by atoms with Gasteiger partial charge in [0.05, 0.1) is 0 Å². The van der Waals surface area contributed by atoms with Crippen LogP contribution in [0.1, 0.15) is 50.2 Å². The maximum Gasteiger partial charge on any atom is 0.321 e. The third-order valence-electron chi connectivity index (χ3n) is 5.27. The van der Waals surface area contributed by atoms with Crippen molar-refractivity contribution in [1.29, 1.82) is 0 Å². The molecule has 1 heterocycles. The maximum atomic E-state index is 11.7. The molecule has 0 aromatic heterocycles. The highest BCUT2D eigenvalue weighted by Crippen LogP contribution is 2.32. The number of nitrogens with zero attached hydrogens (tertiary/aromatic N) is 1. The first-order valence-electron chi connectivity index (χ1n) is 8.20. The minimum atomic E-state index is -0.665. The van der Waals surface area contributed by atoms with Gasteiger partial charge in [0.2, 0.25) is 0 Å². The van der Waals surface area contributed by atoms with Crippen molar-refractivity contribution in [2.75, 3.05) is 0 Å². The van der Waals surface area contributed by atoms with E-state index < -0.39 is 5.97 Å². The molecular formula is C18H25NO2. The van der Waals surface area contributed by atoms with Crippen molar-refractivity contribution in [2.45, 2.75) is 64.1 Å². The standard InChI is InChI=1S/C18H25NO2/c1-13-5-4-8-16(10-9-13)19-12-15-7-3-2-6-14(15)11-17(19)18(20)21/h2-3,6-7,13,16-17H,4-5,8-12H2,1H3,(H,20,21). The molecule has 1 fully saturated rings. The highest BCUT2D eigenvalue weighted by atomic mass is 16.4. The molecule has 3 rings (SSSR count). The fraction of sp³-hybridized carbons (Fsp3) is 0.611. The highest BCUT2D eigenvalue weighted by molar-refractivity contribution is 5.74. The Morgan fingerprint density at radius 3 is 2.67 bits per heavy atom. The average Bonchev–Trinajstić information content (AvgIpc) is 2.70. The molecule has 1 N–H and O–H groups in total. The van der Waals surface area contributed by atoms with Crippen LogP contribution in [-0.4, -0.2) is 28.1 Å². The summed E-state index contributed by atoms with van der Waals surface area (Å²) in [7, 11) is 0. The Labute approximate surface area is 127 Å². The highest BCUT2D eigenvalue weighted by Gasteiger charge is 2.36. The molecular weight excluding hydrogens is 262 g/mol. The Morgan fingerprint density at radius 2 is 1.90 bits per heavy atom. The second kappa shape index (κ2) is 6.18. The summed E-state index contributed by atoms with van der Waals surface area (Å²) in [6, 6.07) is 8.40. The number of benzene rings is 1. The van der Waals surface area contributed by atoms with Crippen LogP contribution in [0.4, 0.5) is 0 Å². The van der Waals surface area contributed by atoms with Crippen LogP contribution in [0.2, 0.25) is 0 Å². The summed E-state index contributed by atoms with van der Waals surface area (Å²) in [5, 5.41) is 9.65. The molecule has 3 nitrogen and oxygen atoms in total. The predicted molar refractivity (Wildman–Crippen MR) is 83.1 cm³/mol. The Kier molecular flexibility index (Phi) is 4.29. The summed E-state index contributed by atoms with van der Waals surface area (Å²) in [4.78, 5) is 14.0. The predicted octanol–water partition coefficient (Wildman–Crippen LogP) is 3.47. The molecule has 1 aromatic carbocycles. The van der Waals surface area contributed by atoms with E-state index in [4.69, 9.17) is 0 Å². The van der Waals surface area contributed by atoms with E-state index in [1.807, 2.05) is 6.07 Å². The van der Waals surface area contributed by atoms with Gasteiger partial charge in [0.1, 0.15) is 6.04 Å². The topological polar surface area (TPSA) is 40.5 Å². The zero-order valence-corrected chi connectivity index (χ0v) is 12.8. The molecule has 0 amide bonds. The van der Waals surface area contributed by atoms with E-state index >= 15 is 0 Å². The van der Waals surface area contributed by atoms with Gasteiger partial charge in [-0.15, -0.1) is 0 Å². The van der Waals surface area contributed by atoms with Gasteiger partial charge in [0.15, 0.2) is 0 Å². The summed E-state index contributed by atoms with van der Waals surface area (Å²) in [5.74, 6) is 0.122. The minimum absolute atomic E-state index is 0.349. The molecule has 114 valence electrons. The van der Waals surface area contributed by atoms with E-state index in [2.05, 4.69) is 30.0 Å². The van der Waals surface area contributed by atoms with Crippen molar-refractivity contribution in [1.82, 2.24) is 4.90 Å². The zero-order chi connectivity index (χ0) is 14.8. The fourth-order valence-electron chi connectivity index (χ4n) is 3.96. The number of carboxylic acid groups (broad SMARTS) is 1. The third kappa shape index (κ3) is 3.13. The van der Waals surface area contributed by atoms with Gasteiger partial charge in [-0.2, -0.15) is 0 Å². The number of carboxylic acids is 1. The Morgan fingerprint density at radius 1 is 1.14 bits per heavy atom. The third-order valence-corrected chi connectivity index (χ3v) is 5.27. The van der Waals surface area contributed by atoms with Crippen LogP contribution >= 0.6 is 0 Å². The van der Waals surface area contributed by atoms with E-state index in [-0.39, 0.29) is 6.04 Å². The molecule has 0 bridgehead atoms. The van der Waals surface area contributed by atoms with Crippen molar-refractivity contribution in [3.05, 3.63) is 35.4 Å². The van der Waals surface area contributed by atoms with Gasteiger partial charge >= 0.3 is 5.97 Å². The number of hydrogen-bond acceptors (Lipinski definition) is 2. The molecule has 1 saturated carbocycles. The second-order valence-electron chi connectivity index (χ2n) is 6.77. The quantitative estimate of drug-likeness (QED) is 0.847. The fourth-order valence-corrected chi connectivity index (χ4v) is 3.96. The molecule has 1 aliphatic carbocycles. The largest absolute Gasteiger partial charge is 0.480 e. The van der Waals surface area contributed by atoms with Crippen molar-refractivity contribution < 1.29 is 9.90 Å². The molecule has 0 radical (unpaired) electrons. The SMILES string of the molecule is CC1CCCC(N2Cc3ccccc3CC2C(=O)O)CC1. The Balaban J connectivity index is 1.83. The van der Waals surface area contributed by atoms with Gasteiger partial charge < -0.3 is 5.11 Å². The van der Waals surface area contributed by atoms with Crippen molar-refractivity contribution in [2.24, 2.45) is 5.92 Å². The van der Waals surface area contributed by atoms with E-state index in [9.17, 15) is 9.90 Å². The van der Waals surface area contributed by atoms with Crippen LogP contribution < -0.4 is 0 Å². The van der Waals surface area contributed by atoms with E-state index in [0.717, 1.165) is 25.3 Å². The number of aliphatic carboxylic acids is 1. The Bertz CT molecular complexity index is 514. The van der Waals surface area contributed by atoms with Gasteiger partial charge in [-0.25, -0.2) is 0 Å². The summed E-state index contributed by atoms with van der Waals surface area (Å²) >= 11 is 0. The van der Waals surface area contributed by atoms with Gasteiger partial charge in [-0.1, -0.05) is 44.0 Å². The minimum Gasteiger partial charge on any atom is -0.480 e. The van der Waals surface area contributed by atoms with Crippen LogP contribution in [0.15, 0.2) is 24.3 Å². The average molecular weight is 287 g/mol. The molecule has 3 unspecified atom stereocenters. The second-order valence-corrected chi connectivity index (χ2v) is 6.77. The van der Waals surface area contributed by atoms with Crippen molar-refractivity contribution >= 4 is 5.97 Å². The van der Waals surface area contributed by atoms with E-state index in [1.54, 1.807) is 0 Å². The molecule has 1 aromatic rings. The van der Waals surface area contributed by atoms with Crippen molar-refractivity contribution in [3.8, 4) is 0 Å². The van der Waals surface area contributed by atoms with Gasteiger partial charge in [0.25, 0.3) is 0 Å². The molecule has 0 spiro atoms. The molecule has 3 heteroatoms. The first-order valence-corrected chi connectivity index (χ1v) is 8.20. The van der Waals surface area contributed by atoms with E-state index in [0.29, 0.717) is 12.5 Å². The van der Waals surface area contributed by atoms with Gasteiger partial charge in [0, 0.05) is 12.6 Å². The van der Waals surface area contributed by atoms with Gasteiger partial charge in [-0.3, -0.25) is 9.69 Å². The number of rotatable bonds is 2. The molecule has 3 atom stereocenters.